The monoisotopic (exact) mass is 521 g/mol. The van der Waals surface area contributed by atoms with Crippen LogP contribution in [0, 0.1) is 18.7 Å². The molecule has 4 aromatic rings. The third-order valence-corrected chi connectivity index (χ3v) is 6.46. The second kappa shape index (κ2) is 9.62. The summed E-state index contributed by atoms with van der Waals surface area (Å²) in [4.78, 5) is 31.7. The van der Waals surface area contributed by atoms with Gasteiger partial charge in [-0.15, -0.1) is 0 Å². The summed E-state index contributed by atoms with van der Waals surface area (Å²) in [6, 6.07) is 4.94. The van der Waals surface area contributed by atoms with E-state index >= 15 is 0 Å². The van der Waals surface area contributed by atoms with E-state index in [1.54, 1.807) is 34.5 Å². The molecule has 200 valence electrons. The number of fused-ring (bicyclic) bond motifs is 2. The molecule has 1 saturated heterocycles. The lowest BCUT2D eigenvalue weighted by molar-refractivity contribution is 0.0520. The lowest BCUT2D eigenvalue weighted by atomic mass is 10.1. The van der Waals surface area contributed by atoms with E-state index in [1.807, 2.05) is 40.1 Å². The number of benzene rings is 1. The first-order valence-electron chi connectivity index (χ1n) is 12.6. The van der Waals surface area contributed by atoms with Gasteiger partial charge in [-0.25, -0.2) is 14.2 Å². The van der Waals surface area contributed by atoms with Gasteiger partial charge in [0.05, 0.1) is 16.9 Å². The van der Waals surface area contributed by atoms with Gasteiger partial charge < -0.3 is 24.7 Å². The summed E-state index contributed by atoms with van der Waals surface area (Å²) < 4.78 is 23.1. The molecular formula is C27H32FN7O3. The van der Waals surface area contributed by atoms with Crippen LogP contribution < -0.4 is 15.5 Å². The number of pyridine rings is 1. The maximum Gasteiger partial charge on any atom is 0.407 e. The fourth-order valence-electron chi connectivity index (χ4n) is 4.87. The number of hydrogen-bond acceptors (Lipinski definition) is 6. The van der Waals surface area contributed by atoms with Gasteiger partial charge in [-0.2, -0.15) is 5.10 Å². The smallest absolute Gasteiger partial charge is 0.407 e. The lowest BCUT2D eigenvalue weighted by Crippen LogP contribution is -2.36. The summed E-state index contributed by atoms with van der Waals surface area (Å²) in [5, 5.41) is 11.1. The standard InChI is InChI=1S/C27H32FN7O3/c1-16-12-35-14-18(10-21(28)24(35)30-16)31-25(36)19-6-7-22(20-15-33(5)32-23(19)20)34-9-8-17(13-34)11-29-26(37)38-27(2,3)4/h6-7,10,12,14-15,17H,8-9,11,13H2,1-5H3,(H,29,37)(H,31,36). The van der Waals surface area contributed by atoms with Gasteiger partial charge in [0.2, 0.25) is 0 Å². The van der Waals surface area contributed by atoms with E-state index < -0.39 is 17.5 Å². The topological polar surface area (TPSA) is 106 Å². The molecule has 38 heavy (non-hydrogen) atoms. The molecule has 0 spiro atoms. The summed E-state index contributed by atoms with van der Waals surface area (Å²) >= 11 is 0. The molecule has 1 aliphatic heterocycles. The van der Waals surface area contributed by atoms with Crippen molar-refractivity contribution >= 4 is 39.9 Å². The fourth-order valence-corrected chi connectivity index (χ4v) is 4.87. The average molecular weight is 522 g/mol. The van der Waals surface area contributed by atoms with E-state index in [-0.39, 0.29) is 17.5 Å². The summed E-state index contributed by atoms with van der Waals surface area (Å²) in [5.41, 5.74) is 2.62. The van der Waals surface area contributed by atoms with Crippen LogP contribution in [0.25, 0.3) is 16.6 Å². The maximum absolute atomic E-state index is 14.5. The lowest BCUT2D eigenvalue weighted by Gasteiger charge is -2.22. The number of hydrogen-bond donors (Lipinski definition) is 2. The van der Waals surface area contributed by atoms with E-state index in [4.69, 9.17) is 4.74 Å². The first-order valence-corrected chi connectivity index (χ1v) is 12.6. The summed E-state index contributed by atoms with van der Waals surface area (Å²) in [5.74, 6) is -0.621. The number of alkyl carbamates (subject to hydrolysis) is 1. The second-order valence-electron chi connectivity index (χ2n) is 10.8. The van der Waals surface area contributed by atoms with Crippen molar-refractivity contribution in [1.82, 2.24) is 24.5 Å². The molecule has 11 heteroatoms. The highest BCUT2D eigenvalue weighted by Crippen LogP contribution is 2.33. The molecule has 1 unspecified atom stereocenters. The van der Waals surface area contributed by atoms with Gasteiger partial charge in [-0.05, 0) is 52.2 Å². The zero-order chi connectivity index (χ0) is 27.2. The number of carbonyl (C=O) groups excluding carboxylic acids is 2. The molecule has 1 fully saturated rings. The SMILES string of the molecule is Cc1cn2cc(NC(=O)c3ccc(N4CCC(CNC(=O)OC(C)(C)C)C4)c4cn(C)nc34)cc(F)c2n1. The first kappa shape index (κ1) is 25.5. The molecule has 1 aliphatic rings. The van der Waals surface area contributed by atoms with Crippen LogP contribution in [0.15, 0.2) is 36.8 Å². The van der Waals surface area contributed by atoms with E-state index in [9.17, 15) is 14.0 Å². The number of aryl methyl sites for hydroxylation is 2. The number of imidazole rings is 1. The van der Waals surface area contributed by atoms with Crippen molar-refractivity contribution in [2.75, 3.05) is 29.9 Å². The van der Waals surface area contributed by atoms with Gasteiger partial charge in [0.15, 0.2) is 11.5 Å². The Morgan fingerprint density at radius 1 is 1.21 bits per heavy atom. The molecule has 0 aliphatic carbocycles. The summed E-state index contributed by atoms with van der Waals surface area (Å²) in [6.07, 6.45) is 5.74. The number of amides is 2. The number of rotatable bonds is 5. The first-order chi connectivity index (χ1) is 18.0. The molecule has 1 aromatic carbocycles. The Bertz CT molecular complexity index is 1540. The summed E-state index contributed by atoms with van der Waals surface area (Å²) in [6.45, 7) is 9.40. The van der Waals surface area contributed by atoms with Crippen molar-refractivity contribution in [3.05, 3.63) is 53.9 Å². The molecule has 5 rings (SSSR count). The van der Waals surface area contributed by atoms with Crippen LogP contribution in [0.2, 0.25) is 0 Å². The van der Waals surface area contributed by atoms with Crippen LogP contribution in [0.1, 0.15) is 43.2 Å². The zero-order valence-electron chi connectivity index (χ0n) is 22.2. The number of anilines is 2. The zero-order valence-corrected chi connectivity index (χ0v) is 22.2. The molecule has 0 saturated carbocycles. The van der Waals surface area contributed by atoms with Crippen LogP contribution in [0.4, 0.5) is 20.6 Å². The molecule has 3 aromatic heterocycles. The number of nitrogens with zero attached hydrogens (tertiary/aromatic N) is 5. The van der Waals surface area contributed by atoms with Gasteiger partial charge in [-0.1, -0.05) is 0 Å². The van der Waals surface area contributed by atoms with E-state index in [1.165, 1.54) is 6.07 Å². The maximum atomic E-state index is 14.5. The Hall–Kier alpha value is -4.15. The molecule has 0 radical (unpaired) electrons. The largest absolute Gasteiger partial charge is 0.444 e. The van der Waals surface area contributed by atoms with Crippen LogP contribution in [-0.4, -0.2) is 56.4 Å². The van der Waals surface area contributed by atoms with E-state index in [0.717, 1.165) is 30.6 Å². The second-order valence-corrected chi connectivity index (χ2v) is 10.8. The Balaban J connectivity index is 1.32. The Morgan fingerprint density at radius 3 is 2.76 bits per heavy atom. The van der Waals surface area contributed by atoms with Crippen LogP contribution in [0.5, 0.6) is 0 Å². The van der Waals surface area contributed by atoms with Gasteiger partial charge in [0, 0.05) is 62.4 Å². The van der Waals surface area contributed by atoms with Crippen LogP contribution in [-0.2, 0) is 11.8 Å². The highest BCUT2D eigenvalue weighted by Gasteiger charge is 2.27. The van der Waals surface area contributed by atoms with Crippen molar-refractivity contribution in [3.63, 3.8) is 0 Å². The number of aromatic nitrogens is 4. The van der Waals surface area contributed by atoms with Crippen molar-refractivity contribution in [2.24, 2.45) is 13.0 Å². The average Bonchev–Trinajstić information content (AvgIpc) is 3.53. The highest BCUT2D eigenvalue weighted by atomic mass is 19.1. The van der Waals surface area contributed by atoms with Gasteiger partial charge >= 0.3 is 6.09 Å². The Morgan fingerprint density at radius 2 is 2.00 bits per heavy atom. The Labute approximate surface area is 219 Å². The Kier molecular flexibility index (Phi) is 6.46. The molecule has 4 heterocycles. The predicted octanol–water partition coefficient (Wildman–Crippen LogP) is 4.27. The number of nitrogens with one attached hydrogen (secondary N) is 2. The summed E-state index contributed by atoms with van der Waals surface area (Å²) in [7, 11) is 1.81. The van der Waals surface area contributed by atoms with Gasteiger partial charge in [-0.3, -0.25) is 9.48 Å². The van der Waals surface area contributed by atoms with Crippen molar-refractivity contribution in [3.8, 4) is 0 Å². The molecule has 2 amide bonds. The quantitative estimate of drug-likeness (QED) is 0.406. The van der Waals surface area contributed by atoms with Crippen molar-refractivity contribution in [2.45, 2.75) is 39.7 Å². The minimum Gasteiger partial charge on any atom is -0.444 e. The third kappa shape index (κ3) is 5.27. The molecule has 1 atom stereocenters. The van der Waals surface area contributed by atoms with E-state index in [2.05, 4.69) is 25.6 Å². The molecule has 10 nitrogen and oxygen atoms in total. The van der Waals surface area contributed by atoms with Crippen LogP contribution >= 0.6 is 0 Å². The number of ether oxygens (including phenoxy) is 1. The predicted molar refractivity (Wildman–Crippen MR) is 143 cm³/mol. The minimum atomic E-state index is -0.537. The number of halogens is 1. The van der Waals surface area contributed by atoms with Gasteiger partial charge in [0.1, 0.15) is 11.1 Å². The van der Waals surface area contributed by atoms with Crippen LogP contribution in [0.3, 0.4) is 0 Å². The van der Waals surface area contributed by atoms with E-state index in [0.29, 0.717) is 29.0 Å². The molecule has 2 N–H and O–H groups in total. The number of carbonyl (C=O) groups is 2. The molecule has 0 bridgehead atoms. The van der Waals surface area contributed by atoms with Crippen molar-refractivity contribution in [1.29, 1.82) is 0 Å². The molecular weight excluding hydrogens is 489 g/mol. The third-order valence-electron chi connectivity index (χ3n) is 6.46. The highest BCUT2D eigenvalue weighted by molar-refractivity contribution is 6.13. The minimum absolute atomic E-state index is 0.210. The van der Waals surface area contributed by atoms with Crippen molar-refractivity contribution < 1.29 is 18.7 Å². The fraction of sp³-hybridized carbons (Fsp3) is 0.407. The normalized spacial score (nSPS) is 15.8. The van der Waals surface area contributed by atoms with Gasteiger partial charge in [0.25, 0.3) is 5.91 Å².